The van der Waals surface area contributed by atoms with Crippen LogP contribution in [0, 0.1) is 0 Å². The van der Waals surface area contributed by atoms with E-state index in [1.807, 2.05) is 66.7 Å². The first-order valence-electron chi connectivity index (χ1n) is 19.8. The van der Waals surface area contributed by atoms with Crippen molar-refractivity contribution in [3.63, 3.8) is 0 Å². The molecule has 3 saturated heterocycles. The fourth-order valence-electron chi connectivity index (χ4n) is 8.87. The third-order valence-corrected chi connectivity index (χ3v) is 12.0. The number of rotatable bonds is 14. The smallest absolute Gasteiger partial charge is 0.411 e. The molecule has 2 amide bonds. The molecule has 2 bridgehead atoms. The van der Waals surface area contributed by atoms with E-state index in [0.29, 0.717) is 71.5 Å². The lowest BCUT2D eigenvalue weighted by molar-refractivity contribution is -0.938. The normalized spacial score (nSPS) is 22.1. The number of likely N-dealkylation sites (N-methyl/N-ethyl adjacent to an activating group) is 1. The van der Waals surface area contributed by atoms with Crippen LogP contribution in [0.1, 0.15) is 54.9 Å². The average molecular weight is 773 g/mol. The Labute approximate surface area is 331 Å². The number of carbonyl (C=O) groups excluding carboxylic acids is 2. The number of epoxide rings is 1. The highest BCUT2D eigenvalue weighted by atomic mass is 16.6. The Balaban J connectivity index is 0.793. The zero-order valence-electron chi connectivity index (χ0n) is 32.2. The zero-order chi connectivity index (χ0) is 39.7. The number of carbonyl (C=O) groups is 2. The molecule has 0 aliphatic carbocycles. The second-order valence-corrected chi connectivity index (χ2v) is 16.1. The van der Waals surface area contributed by atoms with Gasteiger partial charge in [0.1, 0.15) is 36.1 Å². The van der Waals surface area contributed by atoms with Crippen molar-refractivity contribution < 1.29 is 33.8 Å². The molecule has 0 saturated carbocycles. The summed E-state index contributed by atoms with van der Waals surface area (Å²) in [5.74, 6) is -0.109. The average Bonchev–Trinajstić information content (AvgIpc) is 3.97. The van der Waals surface area contributed by atoms with Crippen molar-refractivity contribution in [2.75, 3.05) is 31.3 Å². The van der Waals surface area contributed by atoms with Gasteiger partial charge in [-0.3, -0.25) is 14.9 Å². The molecule has 3 aliphatic rings. The van der Waals surface area contributed by atoms with Crippen LogP contribution in [0.15, 0.2) is 102 Å². The molecule has 0 spiro atoms. The Morgan fingerprint density at radius 3 is 2.39 bits per heavy atom. The number of ether oxygens (including phenoxy) is 2. The fraction of sp³-hybridized carbons (Fsp3) is 0.356. The highest BCUT2D eigenvalue weighted by molar-refractivity contribution is 5.92. The number of quaternary nitrogens is 1. The molecule has 0 radical (unpaired) electrons. The third kappa shape index (κ3) is 8.45. The number of nitrogens with zero attached hydrogens (tertiary/aromatic N) is 1. The number of aromatic nitrogens is 1. The summed E-state index contributed by atoms with van der Waals surface area (Å²) in [5, 5.41) is 30.8. The predicted molar refractivity (Wildman–Crippen MR) is 219 cm³/mol. The van der Waals surface area contributed by atoms with E-state index in [2.05, 4.69) is 41.1 Å². The molecule has 296 valence electrons. The zero-order valence-corrected chi connectivity index (χ0v) is 32.2. The number of hydrogen-bond donors (Lipinski definition) is 6. The number of pyridine rings is 1. The molecule has 0 unspecified atom stereocenters. The van der Waals surface area contributed by atoms with Crippen LogP contribution in [-0.2, 0) is 27.2 Å². The van der Waals surface area contributed by atoms with E-state index >= 15 is 0 Å². The Morgan fingerprint density at radius 1 is 0.895 bits per heavy atom. The van der Waals surface area contributed by atoms with Crippen molar-refractivity contribution in [3.05, 3.63) is 124 Å². The Hall–Kier alpha value is -5.53. The number of amides is 2. The van der Waals surface area contributed by atoms with Gasteiger partial charge in [0, 0.05) is 55.1 Å². The summed E-state index contributed by atoms with van der Waals surface area (Å²) in [5.41, 5.74) is 5.97. The molecule has 8 rings (SSSR count). The third-order valence-electron chi connectivity index (χ3n) is 12.0. The Kier molecular flexibility index (Phi) is 10.9. The van der Waals surface area contributed by atoms with Gasteiger partial charge in [-0.2, -0.15) is 0 Å². The number of H-pyrrole nitrogens is 1. The van der Waals surface area contributed by atoms with Crippen LogP contribution in [0.5, 0.6) is 5.75 Å². The molecule has 4 aromatic carbocycles. The standard InChI is InChI=1S/C45H49N5O7/c1-50(2)36-23-31(24-37(50)44-43(36)57-44)56-45(55)48-35-22-27(14-17-32(35)29-9-4-3-5-10-29)8-6-7-11-40(53)47-30-15-12-28(13-16-30)25-46-26-39(52)33-18-20-38(51)42-34(33)19-21-41(54)49-42/h3-5,9-10,12-22,31,36-37,39,43-44,46,52H,6-8,11,23-26H2,1-2H3,(H3-,47,48,49,51,53,54,55)/p+1/t31-,36-,37+,39-,43-,44+/m0/s1. The molecule has 4 heterocycles. The van der Waals surface area contributed by atoms with Crippen molar-refractivity contribution in [1.82, 2.24) is 10.3 Å². The summed E-state index contributed by atoms with van der Waals surface area (Å²) < 4.78 is 12.9. The number of aromatic hydroxyl groups is 1. The minimum atomic E-state index is -0.857. The highest BCUT2D eigenvalue weighted by Gasteiger charge is 2.70. The van der Waals surface area contributed by atoms with Crippen molar-refractivity contribution in [2.45, 2.75) is 81.6 Å². The number of aromatic amines is 1. The first kappa shape index (κ1) is 38.3. The summed E-state index contributed by atoms with van der Waals surface area (Å²) in [4.78, 5) is 40.4. The summed E-state index contributed by atoms with van der Waals surface area (Å²) in [6, 6.07) is 30.5. The van der Waals surface area contributed by atoms with Gasteiger partial charge in [-0.25, -0.2) is 4.79 Å². The van der Waals surface area contributed by atoms with E-state index in [4.69, 9.17) is 9.47 Å². The number of phenols is 1. The maximum absolute atomic E-state index is 13.3. The minimum Gasteiger partial charge on any atom is -0.506 e. The summed E-state index contributed by atoms with van der Waals surface area (Å²) in [7, 11) is 4.52. The molecule has 6 atom stereocenters. The van der Waals surface area contributed by atoms with Crippen LogP contribution in [0.2, 0.25) is 0 Å². The number of piperidine rings is 1. The van der Waals surface area contributed by atoms with Crippen LogP contribution < -0.4 is 21.5 Å². The number of morpholine rings is 1. The number of aliphatic hydroxyl groups is 1. The van der Waals surface area contributed by atoms with E-state index in [9.17, 15) is 24.6 Å². The summed E-state index contributed by atoms with van der Waals surface area (Å²) in [6.07, 6.45) is 3.42. The van der Waals surface area contributed by atoms with E-state index < -0.39 is 12.2 Å². The first-order chi connectivity index (χ1) is 27.5. The Bertz CT molecular complexity index is 2290. The maximum atomic E-state index is 13.3. The van der Waals surface area contributed by atoms with Crippen molar-refractivity contribution >= 4 is 34.3 Å². The van der Waals surface area contributed by atoms with Gasteiger partial charge in [-0.15, -0.1) is 0 Å². The van der Waals surface area contributed by atoms with Gasteiger partial charge in [0.05, 0.1) is 31.4 Å². The molecule has 3 fully saturated rings. The maximum Gasteiger partial charge on any atom is 0.411 e. The number of anilines is 2. The second kappa shape index (κ2) is 16.1. The lowest BCUT2D eigenvalue weighted by Gasteiger charge is -2.45. The Morgan fingerprint density at radius 2 is 1.63 bits per heavy atom. The molecule has 5 aromatic rings. The quantitative estimate of drug-likeness (QED) is 0.0430. The van der Waals surface area contributed by atoms with E-state index in [1.54, 1.807) is 12.1 Å². The molecule has 12 nitrogen and oxygen atoms in total. The number of nitrogens with one attached hydrogen (secondary N) is 4. The monoisotopic (exact) mass is 772 g/mol. The molecule has 12 heteroatoms. The fourth-order valence-corrected chi connectivity index (χ4v) is 8.87. The molecular formula is C45H50N5O7+. The number of unbranched alkanes of at least 4 members (excludes halogenated alkanes) is 1. The topological polar surface area (TPSA) is 165 Å². The van der Waals surface area contributed by atoms with Crippen LogP contribution in [0.4, 0.5) is 16.2 Å². The molecule has 6 N–H and O–H groups in total. The highest BCUT2D eigenvalue weighted by Crippen LogP contribution is 2.51. The number of phenolic OH excluding ortho intramolecular Hbond substituents is 1. The summed E-state index contributed by atoms with van der Waals surface area (Å²) >= 11 is 0. The van der Waals surface area contributed by atoms with Gasteiger partial charge >= 0.3 is 6.09 Å². The van der Waals surface area contributed by atoms with Gasteiger partial charge in [0.25, 0.3) is 0 Å². The van der Waals surface area contributed by atoms with Crippen molar-refractivity contribution in [1.29, 1.82) is 0 Å². The predicted octanol–water partition coefficient (Wildman–Crippen LogP) is 6.38. The number of hydrogen-bond acceptors (Lipinski definition) is 8. The number of benzene rings is 4. The van der Waals surface area contributed by atoms with Gasteiger partial charge in [0.2, 0.25) is 11.5 Å². The number of aliphatic hydroxyl groups excluding tert-OH is 1. The van der Waals surface area contributed by atoms with E-state index in [0.717, 1.165) is 52.4 Å². The molecular weight excluding hydrogens is 723 g/mol. The lowest BCUT2D eigenvalue weighted by atomic mass is 9.96. The van der Waals surface area contributed by atoms with E-state index in [-0.39, 0.29) is 29.9 Å². The number of fused-ring (bicyclic) bond motifs is 6. The van der Waals surface area contributed by atoms with Crippen LogP contribution in [0.25, 0.3) is 22.0 Å². The molecule has 3 aliphatic heterocycles. The second-order valence-electron chi connectivity index (χ2n) is 16.1. The molecule has 1 aromatic heterocycles. The minimum absolute atomic E-state index is 0.0515. The van der Waals surface area contributed by atoms with Crippen molar-refractivity contribution in [3.8, 4) is 16.9 Å². The summed E-state index contributed by atoms with van der Waals surface area (Å²) in [6.45, 7) is 0.758. The van der Waals surface area contributed by atoms with Crippen LogP contribution >= 0.6 is 0 Å². The van der Waals surface area contributed by atoms with Crippen LogP contribution in [-0.4, -0.2) is 82.7 Å². The van der Waals surface area contributed by atoms with Crippen LogP contribution in [0.3, 0.4) is 0 Å². The van der Waals surface area contributed by atoms with Crippen molar-refractivity contribution in [2.24, 2.45) is 0 Å². The first-order valence-corrected chi connectivity index (χ1v) is 19.8. The molecule has 57 heavy (non-hydrogen) atoms. The van der Waals surface area contributed by atoms with Gasteiger partial charge in [0.15, 0.2) is 0 Å². The largest absolute Gasteiger partial charge is 0.506 e. The number of aryl methyl sites for hydroxylation is 1. The SMILES string of the molecule is C[N+]1(C)[C@@H]2C[C@@H](OC(=O)Nc3cc(CCCCC(=O)Nc4ccc(CNC[C@H](O)c5ccc(O)c6[nH]c(=O)ccc56)cc4)ccc3-c3ccccc3)C[C@H]1[C@@H]1O[C@@H]12. The van der Waals surface area contributed by atoms with Gasteiger partial charge in [-0.1, -0.05) is 60.7 Å². The van der Waals surface area contributed by atoms with Gasteiger partial charge < -0.3 is 39.8 Å². The van der Waals surface area contributed by atoms with E-state index in [1.165, 1.54) is 12.1 Å². The van der Waals surface area contributed by atoms with Gasteiger partial charge in [-0.05, 0) is 71.8 Å². The lowest BCUT2D eigenvalue weighted by Crippen LogP contribution is -2.60.